The highest BCUT2D eigenvalue weighted by molar-refractivity contribution is 7.08. The third-order valence-electron chi connectivity index (χ3n) is 3.82. The molecule has 0 spiro atoms. The molecule has 0 N–H and O–H groups in total. The smallest absolute Gasteiger partial charge is 0.254 e. The molecule has 3 heterocycles. The van der Waals surface area contributed by atoms with Crippen LogP contribution in [0, 0.1) is 6.92 Å². The minimum absolute atomic E-state index is 0.0876. The molecule has 2 aromatic rings. The van der Waals surface area contributed by atoms with Gasteiger partial charge in [-0.15, -0.1) is 10.2 Å². The van der Waals surface area contributed by atoms with Crippen molar-refractivity contribution in [3.63, 3.8) is 0 Å². The molecule has 3 rings (SSSR count). The maximum absolute atomic E-state index is 12.3. The molecule has 0 unspecified atom stereocenters. The van der Waals surface area contributed by atoms with Crippen molar-refractivity contribution in [2.75, 3.05) is 26.2 Å². The lowest BCUT2D eigenvalue weighted by Crippen LogP contribution is -2.49. The van der Waals surface area contributed by atoms with E-state index >= 15 is 0 Å². The molecule has 7 heteroatoms. The number of hydrogen-bond donors (Lipinski definition) is 0. The predicted octanol–water partition coefficient (Wildman–Crippen LogP) is 1.96. The second-order valence-corrected chi connectivity index (χ2v) is 5.96. The average Bonchev–Trinajstić information content (AvgIpc) is 3.17. The molecule has 0 aromatic carbocycles. The number of amides is 1. The van der Waals surface area contributed by atoms with Gasteiger partial charge in [-0.05, 0) is 18.4 Å². The van der Waals surface area contributed by atoms with E-state index in [4.69, 9.17) is 4.42 Å². The van der Waals surface area contributed by atoms with Crippen LogP contribution in [-0.4, -0.2) is 52.1 Å². The van der Waals surface area contributed by atoms with Gasteiger partial charge < -0.3 is 9.32 Å². The molecule has 2 aromatic heterocycles. The van der Waals surface area contributed by atoms with Crippen LogP contribution in [0.5, 0.6) is 0 Å². The van der Waals surface area contributed by atoms with Crippen molar-refractivity contribution in [3.8, 4) is 0 Å². The van der Waals surface area contributed by atoms with Crippen LogP contribution < -0.4 is 0 Å². The van der Waals surface area contributed by atoms with Gasteiger partial charge in [0.15, 0.2) is 0 Å². The summed E-state index contributed by atoms with van der Waals surface area (Å²) in [6.07, 6.45) is 0. The maximum atomic E-state index is 12.3. The minimum atomic E-state index is 0.0876. The van der Waals surface area contributed by atoms with Crippen molar-refractivity contribution in [1.82, 2.24) is 20.0 Å². The molecule has 1 fully saturated rings. The van der Waals surface area contributed by atoms with E-state index in [0.29, 0.717) is 11.8 Å². The summed E-state index contributed by atoms with van der Waals surface area (Å²) in [5.74, 6) is 1.35. The molecule has 1 saturated heterocycles. The predicted molar refractivity (Wildman–Crippen MR) is 79.2 cm³/mol. The molecule has 1 amide bonds. The van der Waals surface area contributed by atoms with E-state index in [2.05, 4.69) is 22.0 Å². The number of carbonyl (C=O) groups is 1. The van der Waals surface area contributed by atoms with E-state index in [1.807, 2.05) is 21.7 Å². The van der Waals surface area contributed by atoms with Crippen molar-refractivity contribution in [1.29, 1.82) is 0 Å². The quantitative estimate of drug-likeness (QED) is 0.867. The van der Waals surface area contributed by atoms with Crippen molar-refractivity contribution in [3.05, 3.63) is 34.2 Å². The molecular formula is C14H18N4O2S. The van der Waals surface area contributed by atoms with E-state index in [9.17, 15) is 4.79 Å². The van der Waals surface area contributed by atoms with E-state index in [0.717, 1.165) is 31.7 Å². The van der Waals surface area contributed by atoms with Gasteiger partial charge in [-0.25, -0.2) is 0 Å². The van der Waals surface area contributed by atoms with Gasteiger partial charge in [-0.3, -0.25) is 9.69 Å². The summed E-state index contributed by atoms with van der Waals surface area (Å²) in [5, 5.41) is 11.8. The number of aryl methyl sites for hydroxylation is 1. The van der Waals surface area contributed by atoms with Gasteiger partial charge in [0.1, 0.15) is 0 Å². The first-order valence-electron chi connectivity index (χ1n) is 7.00. The standard InChI is InChI=1S/C14H18N4O2S/c1-10(13-16-15-11(2)20-13)17-4-6-18(7-5-17)14(19)12-3-8-21-9-12/h3,8-10H,4-7H2,1-2H3/t10-/m1/s1. The number of hydrogen-bond acceptors (Lipinski definition) is 6. The van der Waals surface area contributed by atoms with E-state index < -0.39 is 0 Å². The zero-order chi connectivity index (χ0) is 14.8. The summed E-state index contributed by atoms with van der Waals surface area (Å²) in [6.45, 7) is 6.94. The zero-order valence-corrected chi connectivity index (χ0v) is 13.0. The molecule has 21 heavy (non-hydrogen) atoms. The first-order chi connectivity index (χ1) is 10.1. The van der Waals surface area contributed by atoms with Gasteiger partial charge in [-0.2, -0.15) is 11.3 Å². The van der Waals surface area contributed by atoms with Gasteiger partial charge in [0, 0.05) is 38.5 Å². The molecule has 1 aliphatic rings. The lowest BCUT2D eigenvalue weighted by molar-refractivity contribution is 0.0558. The van der Waals surface area contributed by atoms with Crippen LogP contribution in [-0.2, 0) is 0 Å². The minimum Gasteiger partial charge on any atom is -0.424 e. The topological polar surface area (TPSA) is 62.5 Å². The summed E-state index contributed by atoms with van der Waals surface area (Å²) in [5.41, 5.74) is 0.786. The Balaban J connectivity index is 1.59. The summed E-state index contributed by atoms with van der Waals surface area (Å²) >= 11 is 1.55. The van der Waals surface area contributed by atoms with Crippen LogP contribution in [0.1, 0.15) is 35.1 Å². The Labute approximate surface area is 127 Å². The van der Waals surface area contributed by atoms with Gasteiger partial charge in [0.2, 0.25) is 11.8 Å². The van der Waals surface area contributed by atoms with Crippen LogP contribution in [0.25, 0.3) is 0 Å². The Morgan fingerprint density at radius 1 is 1.33 bits per heavy atom. The number of rotatable bonds is 3. The van der Waals surface area contributed by atoms with Crippen molar-refractivity contribution >= 4 is 17.2 Å². The summed E-state index contributed by atoms with van der Waals surface area (Å²) in [7, 11) is 0. The first kappa shape index (κ1) is 14.2. The molecule has 0 saturated carbocycles. The molecule has 0 aliphatic carbocycles. The van der Waals surface area contributed by atoms with E-state index in [-0.39, 0.29) is 11.9 Å². The molecular weight excluding hydrogens is 288 g/mol. The van der Waals surface area contributed by atoms with Gasteiger partial charge in [0.05, 0.1) is 11.6 Å². The monoisotopic (exact) mass is 306 g/mol. The Morgan fingerprint density at radius 3 is 2.67 bits per heavy atom. The number of piperazine rings is 1. The molecule has 1 atom stereocenters. The lowest BCUT2D eigenvalue weighted by atomic mass is 10.2. The van der Waals surface area contributed by atoms with Crippen LogP contribution >= 0.6 is 11.3 Å². The third kappa shape index (κ3) is 2.98. The van der Waals surface area contributed by atoms with Crippen LogP contribution in [0.15, 0.2) is 21.2 Å². The van der Waals surface area contributed by atoms with Gasteiger partial charge in [-0.1, -0.05) is 0 Å². The second-order valence-electron chi connectivity index (χ2n) is 5.18. The highest BCUT2D eigenvalue weighted by atomic mass is 32.1. The van der Waals surface area contributed by atoms with Crippen LogP contribution in [0.4, 0.5) is 0 Å². The Kier molecular flexibility index (Phi) is 4.03. The van der Waals surface area contributed by atoms with Crippen molar-refractivity contribution < 1.29 is 9.21 Å². The fraction of sp³-hybridized carbons (Fsp3) is 0.500. The first-order valence-corrected chi connectivity index (χ1v) is 7.95. The fourth-order valence-corrected chi connectivity index (χ4v) is 3.15. The van der Waals surface area contributed by atoms with Gasteiger partial charge in [0.25, 0.3) is 5.91 Å². The zero-order valence-electron chi connectivity index (χ0n) is 12.2. The largest absolute Gasteiger partial charge is 0.424 e. The summed E-state index contributed by atoms with van der Waals surface area (Å²) in [6, 6.07) is 1.97. The molecule has 6 nitrogen and oxygen atoms in total. The third-order valence-corrected chi connectivity index (χ3v) is 4.50. The fourth-order valence-electron chi connectivity index (χ4n) is 2.52. The Bertz CT molecular complexity index is 602. The normalized spacial score (nSPS) is 17.9. The number of carbonyl (C=O) groups excluding carboxylic acids is 1. The van der Waals surface area contributed by atoms with Crippen molar-refractivity contribution in [2.24, 2.45) is 0 Å². The summed E-state index contributed by atoms with van der Waals surface area (Å²) in [4.78, 5) is 16.5. The van der Waals surface area contributed by atoms with E-state index in [1.54, 1.807) is 18.3 Å². The maximum Gasteiger partial charge on any atom is 0.254 e. The highest BCUT2D eigenvalue weighted by Crippen LogP contribution is 2.21. The second kappa shape index (κ2) is 5.95. The SMILES string of the molecule is Cc1nnc([C@@H](C)N2CCN(C(=O)c3ccsc3)CC2)o1. The van der Waals surface area contributed by atoms with Gasteiger partial charge >= 0.3 is 0 Å². The molecule has 112 valence electrons. The highest BCUT2D eigenvalue weighted by Gasteiger charge is 2.27. The summed E-state index contributed by atoms with van der Waals surface area (Å²) < 4.78 is 5.49. The van der Waals surface area contributed by atoms with Crippen LogP contribution in [0.2, 0.25) is 0 Å². The van der Waals surface area contributed by atoms with Crippen LogP contribution in [0.3, 0.4) is 0 Å². The van der Waals surface area contributed by atoms with Crippen molar-refractivity contribution in [2.45, 2.75) is 19.9 Å². The molecule has 0 bridgehead atoms. The number of aromatic nitrogens is 2. The lowest BCUT2D eigenvalue weighted by Gasteiger charge is -2.36. The van der Waals surface area contributed by atoms with E-state index in [1.165, 1.54) is 0 Å². The Morgan fingerprint density at radius 2 is 2.10 bits per heavy atom. The molecule has 1 aliphatic heterocycles. The Hall–Kier alpha value is -1.73. The number of nitrogens with zero attached hydrogens (tertiary/aromatic N) is 4. The average molecular weight is 306 g/mol. The number of thiophene rings is 1. The molecule has 0 radical (unpaired) electrons.